The average molecular weight is 588 g/mol. The maximum atomic E-state index is 12.4. The number of rotatable bonds is 7. The van der Waals surface area contributed by atoms with Crippen molar-refractivity contribution < 1.29 is 4.79 Å². The quantitative estimate of drug-likeness (QED) is 0.155. The molecular formula is C38H45N5O. The Morgan fingerprint density at radius 3 is 2.36 bits per heavy atom. The lowest BCUT2D eigenvalue weighted by Crippen LogP contribution is -2.42. The number of aromatic amines is 2. The lowest BCUT2D eigenvalue weighted by molar-refractivity contribution is 0.138. The third-order valence-corrected chi connectivity index (χ3v) is 9.61. The first-order valence-electron chi connectivity index (χ1n) is 16.1. The van der Waals surface area contributed by atoms with Gasteiger partial charge in [0.25, 0.3) is 0 Å². The van der Waals surface area contributed by atoms with Gasteiger partial charge in [-0.1, -0.05) is 85.6 Å². The third-order valence-electron chi connectivity index (χ3n) is 9.61. The fourth-order valence-electron chi connectivity index (χ4n) is 7.08. The normalized spacial score (nSPS) is 18.7. The van der Waals surface area contributed by atoms with Crippen molar-refractivity contribution >= 4 is 33.4 Å². The van der Waals surface area contributed by atoms with E-state index in [0.29, 0.717) is 12.6 Å². The summed E-state index contributed by atoms with van der Waals surface area (Å²) in [6.45, 7) is 0.631. The maximum Gasteiger partial charge on any atom is 0.315 e. The molecule has 1 saturated carbocycles. The number of amides is 2. The van der Waals surface area contributed by atoms with Crippen LogP contribution >= 0.6 is 0 Å². The molecule has 5 aromatic rings. The van der Waals surface area contributed by atoms with Gasteiger partial charge in [0.05, 0.1) is 0 Å². The summed E-state index contributed by atoms with van der Waals surface area (Å²) in [4.78, 5) is 21.6. The van der Waals surface area contributed by atoms with Gasteiger partial charge in [-0.05, 0) is 92.9 Å². The molecule has 0 aliphatic heterocycles. The van der Waals surface area contributed by atoms with Crippen molar-refractivity contribution in [3.05, 3.63) is 114 Å². The Balaban J connectivity index is 0.000000323. The molecule has 4 N–H and O–H groups in total. The highest BCUT2D eigenvalue weighted by Crippen LogP contribution is 2.43. The van der Waals surface area contributed by atoms with E-state index in [4.69, 9.17) is 0 Å². The Morgan fingerprint density at radius 1 is 0.909 bits per heavy atom. The number of carbonyl (C=O) groups is 1. The fraction of sp³-hybridized carbons (Fsp3) is 0.342. The van der Waals surface area contributed by atoms with Gasteiger partial charge in [-0.15, -0.1) is 0 Å². The van der Waals surface area contributed by atoms with Crippen molar-refractivity contribution in [1.82, 2.24) is 25.5 Å². The minimum atomic E-state index is -0.0335. The SMILES string of the molecule is CN(C)C1(c2ccccc2)CC=C(c2[nH]c3ccccc3c2CCNC(=O)NC2CCCC2)CC1.c1ccc2[nH]ccc2c1. The number of urea groups is 1. The summed E-state index contributed by atoms with van der Waals surface area (Å²) >= 11 is 0. The number of para-hydroxylation sites is 2. The van der Waals surface area contributed by atoms with Gasteiger partial charge in [0.15, 0.2) is 0 Å². The van der Waals surface area contributed by atoms with Crippen molar-refractivity contribution in [3.63, 3.8) is 0 Å². The molecule has 0 bridgehead atoms. The van der Waals surface area contributed by atoms with Gasteiger partial charge < -0.3 is 20.6 Å². The molecule has 1 fully saturated rings. The van der Waals surface area contributed by atoms with Crippen molar-refractivity contribution in [2.24, 2.45) is 0 Å². The number of benzene rings is 3. The lowest BCUT2D eigenvalue weighted by Gasteiger charge is -2.43. The van der Waals surface area contributed by atoms with E-state index in [9.17, 15) is 4.79 Å². The van der Waals surface area contributed by atoms with E-state index in [1.54, 1.807) is 0 Å². The first-order valence-corrected chi connectivity index (χ1v) is 16.1. The second-order valence-corrected chi connectivity index (χ2v) is 12.4. The van der Waals surface area contributed by atoms with Gasteiger partial charge in [-0.25, -0.2) is 4.79 Å². The number of aromatic nitrogens is 2. The minimum absolute atomic E-state index is 0.0246. The molecule has 0 radical (unpaired) electrons. The molecule has 1 atom stereocenters. The number of carbonyl (C=O) groups excluding carboxylic acids is 1. The molecule has 1 unspecified atom stereocenters. The van der Waals surface area contributed by atoms with E-state index in [2.05, 4.69) is 118 Å². The molecule has 6 heteroatoms. The first kappa shape index (κ1) is 29.8. The second kappa shape index (κ2) is 13.6. The van der Waals surface area contributed by atoms with Crippen LogP contribution in [-0.4, -0.2) is 47.6 Å². The van der Waals surface area contributed by atoms with Crippen LogP contribution in [0.3, 0.4) is 0 Å². The first-order chi connectivity index (χ1) is 21.5. The molecule has 7 rings (SSSR count). The molecule has 44 heavy (non-hydrogen) atoms. The molecular weight excluding hydrogens is 542 g/mol. The van der Waals surface area contributed by atoms with E-state index < -0.39 is 0 Å². The average Bonchev–Trinajstić information content (AvgIpc) is 3.83. The van der Waals surface area contributed by atoms with Crippen molar-refractivity contribution in [3.8, 4) is 0 Å². The number of hydrogen-bond acceptors (Lipinski definition) is 2. The highest BCUT2D eigenvalue weighted by molar-refractivity contribution is 5.89. The van der Waals surface area contributed by atoms with Crippen LogP contribution in [0.2, 0.25) is 0 Å². The standard InChI is InChI=1S/C30H38N4O.C8H7N/c1-34(2)30(23-10-4-3-5-11-23)19-16-22(17-20-30)28-26(25-14-8-9-15-27(25)33-28)18-21-31-29(35)32-24-12-6-7-13-24;1-2-4-8-7(3-1)5-6-9-8/h3-5,8-11,14-16,24,33H,6-7,12-13,17-21H2,1-2H3,(H2,31,32,35);1-6,9H. The van der Waals surface area contributed by atoms with E-state index in [-0.39, 0.29) is 11.6 Å². The van der Waals surface area contributed by atoms with Crippen molar-refractivity contribution in [2.75, 3.05) is 20.6 Å². The zero-order chi connectivity index (χ0) is 30.4. The molecule has 6 nitrogen and oxygen atoms in total. The van der Waals surface area contributed by atoms with E-state index >= 15 is 0 Å². The number of nitrogens with one attached hydrogen (secondary N) is 4. The molecule has 2 heterocycles. The number of fused-ring (bicyclic) bond motifs is 2. The molecule has 2 amide bonds. The second-order valence-electron chi connectivity index (χ2n) is 12.4. The number of allylic oxidation sites excluding steroid dienone is 1. The van der Waals surface area contributed by atoms with Crippen LogP contribution in [-0.2, 0) is 12.0 Å². The van der Waals surface area contributed by atoms with E-state index in [0.717, 1.165) is 38.5 Å². The topological polar surface area (TPSA) is 76.0 Å². The van der Waals surface area contributed by atoms with Crippen molar-refractivity contribution in [2.45, 2.75) is 62.9 Å². The molecule has 2 aliphatic carbocycles. The Labute approximate surface area is 260 Å². The number of nitrogens with zero attached hydrogens (tertiary/aromatic N) is 1. The van der Waals surface area contributed by atoms with Gasteiger partial charge in [0, 0.05) is 46.4 Å². The fourth-order valence-corrected chi connectivity index (χ4v) is 7.08. The third kappa shape index (κ3) is 6.46. The summed E-state index contributed by atoms with van der Waals surface area (Å²) in [6, 6.07) is 30.0. The van der Waals surface area contributed by atoms with E-state index in [1.165, 1.54) is 57.0 Å². The summed E-state index contributed by atoms with van der Waals surface area (Å²) in [6.07, 6.45) is 12.9. The molecule has 228 valence electrons. The zero-order valence-electron chi connectivity index (χ0n) is 26.0. The molecule has 0 spiro atoms. The Bertz CT molecular complexity index is 1680. The highest BCUT2D eigenvalue weighted by Gasteiger charge is 2.36. The van der Waals surface area contributed by atoms with Crippen molar-refractivity contribution in [1.29, 1.82) is 0 Å². The summed E-state index contributed by atoms with van der Waals surface area (Å²) in [7, 11) is 4.39. The van der Waals surface area contributed by atoms with Crippen LogP contribution in [0.25, 0.3) is 27.4 Å². The van der Waals surface area contributed by atoms with Crippen LogP contribution in [0.5, 0.6) is 0 Å². The Morgan fingerprint density at radius 2 is 1.64 bits per heavy atom. The number of hydrogen-bond donors (Lipinski definition) is 4. The van der Waals surface area contributed by atoms with Crippen LogP contribution in [0, 0.1) is 0 Å². The predicted molar refractivity (Wildman–Crippen MR) is 183 cm³/mol. The molecule has 3 aromatic carbocycles. The Kier molecular flexibility index (Phi) is 9.17. The summed E-state index contributed by atoms with van der Waals surface area (Å²) in [5.74, 6) is 0. The summed E-state index contributed by atoms with van der Waals surface area (Å²) in [5, 5.41) is 8.77. The largest absolute Gasteiger partial charge is 0.361 e. The zero-order valence-corrected chi connectivity index (χ0v) is 26.0. The Hall–Kier alpha value is -4.29. The summed E-state index contributed by atoms with van der Waals surface area (Å²) < 4.78 is 0. The monoisotopic (exact) mass is 587 g/mol. The molecule has 2 aromatic heterocycles. The number of H-pyrrole nitrogens is 2. The summed E-state index contributed by atoms with van der Waals surface area (Å²) in [5.41, 5.74) is 7.72. The maximum absolute atomic E-state index is 12.4. The van der Waals surface area contributed by atoms with Crippen LogP contribution in [0.4, 0.5) is 4.79 Å². The minimum Gasteiger partial charge on any atom is -0.361 e. The predicted octanol–water partition coefficient (Wildman–Crippen LogP) is 8.14. The van der Waals surface area contributed by atoms with Crippen LogP contribution < -0.4 is 10.6 Å². The van der Waals surface area contributed by atoms with Crippen LogP contribution in [0.15, 0.2) is 97.2 Å². The van der Waals surface area contributed by atoms with Gasteiger partial charge in [0.2, 0.25) is 0 Å². The van der Waals surface area contributed by atoms with Gasteiger partial charge in [0.1, 0.15) is 0 Å². The van der Waals surface area contributed by atoms with Gasteiger partial charge in [-0.3, -0.25) is 4.90 Å². The smallest absolute Gasteiger partial charge is 0.315 e. The molecule has 2 aliphatic rings. The van der Waals surface area contributed by atoms with Gasteiger partial charge in [-0.2, -0.15) is 0 Å². The lowest BCUT2D eigenvalue weighted by atomic mass is 9.75. The molecule has 0 saturated heterocycles. The highest BCUT2D eigenvalue weighted by atomic mass is 16.2. The van der Waals surface area contributed by atoms with E-state index in [1.807, 2.05) is 18.3 Å². The van der Waals surface area contributed by atoms with Gasteiger partial charge >= 0.3 is 6.03 Å². The van der Waals surface area contributed by atoms with Crippen LogP contribution in [0.1, 0.15) is 61.8 Å².